The van der Waals surface area contributed by atoms with Crippen LogP contribution in [0.1, 0.15) is 24.5 Å². The molecule has 0 aromatic carbocycles. The van der Waals surface area contributed by atoms with E-state index in [0.29, 0.717) is 19.1 Å². The van der Waals surface area contributed by atoms with Crippen molar-refractivity contribution < 1.29 is 4.79 Å². The van der Waals surface area contributed by atoms with Crippen molar-refractivity contribution in [3.8, 4) is 0 Å². The summed E-state index contributed by atoms with van der Waals surface area (Å²) < 4.78 is 0. The molecule has 0 aliphatic carbocycles. The predicted octanol–water partition coefficient (Wildman–Crippen LogP) is 1.07. The number of aromatic nitrogens is 1. The molecule has 1 aromatic heterocycles. The molecule has 0 fully saturated rings. The van der Waals surface area contributed by atoms with Crippen molar-refractivity contribution in [3.63, 3.8) is 0 Å². The summed E-state index contributed by atoms with van der Waals surface area (Å²) in [5, 5.41) is 8.86. The monoisotopic (exact) mass is 227 g/mol. The second kappa shape index (κ2) is 5.82. The average molecular weight is 227 g/mol. The van der Waals surface area contributed by atoms with Crippen molar-refractivity contribution in [1.82, 2.24) is 15.6 Å². The molecule has 0 saturated carbocycles. The van der Waals surface area contributed by atoms with Crippen molar-refractivity contribution in [2.75, 3.05) is 6.54 Å². The maximum absolute atomic E-state index is 11.3. The number of carbonyl (C=O) groups is 1. The molecule has 2 N–H and O–H groups in total. The van der Waals surface area contributed by atoms with Crippen molar-refractivity contribution >= 4 is 17.2 Å². The zero-order valence-corrected chi connectivity index (χ0v) is 10.1. The number of hydrogen-bond donors (Lipinski definition) is 2. The summed E-state index contributed by atoms with van der Waals surface area (Å²) in [6.45, 7) is 6.86. The van der Waals surface area contributed by atoms with E-state index in [9.17, 15) is 4.79 Å². The van der Waals surface area contributed by atoms with Crippen LogP contribution in [0.2, 0.25) is 0 Å². The largest absolute Gasteiger partial charge is 0.349 e. The first-order valence-electron chi connectivity index (χ1n) is 4.99. The molecule has 1 amide bonds. The van der Waals surface area contributed by atoms with Gasteiger partial charge in [0.05, 0.1) is 23.8 Å². The summed E-state index contributed by atoms with van der Waals surface area (Å²) in [6.07, 6.45) is 0. The van der Waals surface area contributed by atoms with E-state index in [-0.39, 0.29) is 5.91 Å². The molecule has 15 heavy (non-hydrogen) atoms. The van der Waals surface area contributed by atoms with Crippen molar-refractivity contribution in [3.05, 3.63) is 16.1 Å². The normalized spacial score (nSPS) is 10.7. The van der Waals surface area contributed by atoms with Gasteiger partial charge in [-0.15, -0.1) is 11.3 Å². The van der Waals surface area contributed by atoms with E-state index < -0.39 is 0 Å². The minimum Gasteiger partial charge on any atom is -0.349 e. The Bertz CT molecular complexity index is 322. The van der Waals surface area contributed by atoms with Crippen LogP contribution in [-0.2, 0) is 11.3 Å². The molecule has 0 bridgehead atoms. The minimum absolute atomic E-state index is 0.00866. The molecule has 0 aliphatic rings. The Morgan fingerprint density at radius 3 is 2.87 bits per heavy atom. The lowest BCUT2D eigenvalue weighted by atomic mass is 10.4. The molecule has 0 aliphatic heterocycles. The summed E-state index contributed by atoms with van der Waals surface area (Å²) in [4.78, 5) is 15.6. The second-order valence-corrected chi connectivity index (χ2v) is 4.73. The van der Waals surface area contributed by atoms with Crippen LogP contribution < -0.4 is 10.6 Å². The molecule has 1 aromatic rings. The van der Waals surface area contributed by atoms with Crippen LogP contribution in [0.15, 0.2) is 5.38 Å². The first kappa shape index (κ1) is 12.1. The number of nitrogens with zero attached hydrogens (tertiary/aromatic N) is 1. The molecule has 84 valence electrons. The highest BCUT2D eigenvalue weighted by molar-refractivity contribution is 7.09. The summed E-state index contributed by atoms with van der Waals surface area (Å²) in [7, 11) is 0. The highest BCUT2D eigenvalue weighted by Crippen LogP contribution is 2.06. The average Bonchev–Trinajstić information content (AvgIpc) is 2.58. The summed E-state index contributed by atoms with van der Waals surface area (Å²) in [5.74, 6) is 0.00866. The lowest BCUT2D eigenvalue weighted by Crippen LogP contribution is -2.36. The van der Waals surface area contributed by atoms with Crippen LogP contribution in [-0.4, -0.2) is 23.5 Å². The highest BCUT2D eigenvalue weighted by Gasteiger charge is 2.03. The van der Waals surface area contributed by atoms with Gasteiger partial charge in [-0.2, -0.15) is 0 Å². The SMILES string of the molecule is Cc1nc(CNC(=O)CNC(C)C)cs1. The number of carbonyl (C=O) groups excluding carboxylic acids is 1. The number of nitrogens with one attached hydrogen (secondary N) is 2. The molecular weight excluding hydrogens is 210 g/mol. The van der Waals surface area contributed by atoms with Gasteiger partial charge in [0.1, 0.15) is 0 Å². The fourth-order valence-corrected chi connectivity index (χ4v) is 1.65. The van der Waals surface area contributed by atoms with Gasteiger partial charge in [0.15, 0.2) is 0 Å². The molecule has 0 atom stereocenters. The third kappa shape index (κ3) is 4.90. The van der Waals surface area contributed by atoms with E-state index in [4.69, 9.17) is 0 Å². The van der Waals surface area contributed by atoms with Gasteiger partial charge in [-0.05, 0) is 6.92 Å². The molecule has 0 unspecified atom stereocenters. The van der Waals surface area contributed by atoms with Crippen molar-refractivity contribution in [1.29, 1.82) is 0 Å². The molecule has 0 spiro atoms. The van der Waals surface area contributed by atoms with Crippen LogP contribution >= 0.6 is 11.3 Å². The number of amides is 1. The van der Waals surface area contributed by atoms with E-state index >= 15 is 0 Å². The van der Waals surface area contributed by atoms with Gasteiger partial charge in [0.2, 0.25) is 5.91 Å². The lowest BCUT2D eigenvalue weighted by molar-refractivity contribution is -0.120. The first-order valence-corrected chi connectivity index (χ1v) is 5.87. The van der Waals surface area contributed by atoms with Crippen LogP contribution in [0.3, 0.4) is 0 Å². The Morgan fingerprint density at radius 2 is 2.33 bits per heavy atom. The Hall–Kier alpha value is -0.940. The van der Waals surface area contributed by atoms with Gasteiger partial charge >= 0.3 is 0 Å². The highest BCUT2D eigenvalue weighted by atomic mass is 32.1. The number of aryl methyl sites for hydroxylation is 1. The third-order valence-electron chi connectivity index (χ3n) is 1.80. The molecule has 1 rings (SSSR count). The second-order valence-electron chi connectivity index (χ2n) is 3.67. The number of hydrogen-bond acceptors (Lipinski definition) is 4. The zero-order chi connectivity index (χ0) is 11.3. The Balaban J connectivity index is 2.22. The van der Waals surface area contributed by atoms with Gasteiger partial charge in [-0.1, -0.05) is 13.8 Å². The van der Waals surface area contributed by atoms with E-state index in [0.717, 1.165) is 10.7 Å². The lowest BCUT2D eigenvalue weighted by Gasteiger charge is -2.07. The van der Waals surface area contributed by atoms with E-state index in [1.165, 1.54) is 0 Å². The Labute approximate surface area is 94.1 Å². The molecule has 4 nitrogen and oxygen atoms in total. The van der Waals surface area contributed by atoms with Crippen molar-refractivity contribution in [2.45, 2.75) is 33.4 Å². The predicted molar refractivity (Wildman–Crippen MR) is 61.8 cm³/mol. The van der Waals surface area contributed by atoms with Crippen LogP contribution in [0.5, 0.6) is 0 Å². The van der Waals surface area contributed by atoms with Crippen LogP contribution in [0.4, 0.5) is 0 Å². The van der Waals surface area contributed by atoms with Gasteiger partial charge in [0.25, 0.3) is 0 Å². The molecule has 5 heteroatoms. The maximum atomic E-state index is 11.3. The summed E-state index contributed by atoms with van der Waals surface area (Å²) in [6, 6.07) is 0.331. The van der Waals surface area contributed by atoms with Crippen LogP contribution in [0, 0.1) is 6.92 Å². The van der Waals surface area contributed by atoms with Crippen LogP contribution in [0.25, 0.3) is 0 Å². The smallest absolute Gasteiger partial charge is 0.234 e. The van der Waals surface area contributed by atoms with E-state index in [1.54, 1.807) is 11.3 Å². The first-order chi connectivity index (χ1) is 7.08. The summed E-state index contributed by atoms with van der Waals surface area (Å²) in [5.41, 5.74) is 0.926. The summed E-state index contributed by atoms with van der Waals surface area (Å²) >= 11 is 1.60. The zero-order valence-electron chi connectivity index (χ0n) is 9.33. The van der Waals surface area contributed by atoms with Crippen molar-refractivity contribution in [2.24, 2.45) is 0 Å². The van der Waals surface area contributed by atoms with Gasteiger partial charge in [0, 0.05) is 11.4 Å². The minimum atomic E-state index is 0.00866. The van der Waals surface area contributed by atoms with Gasteiger partial charge < -0.3 is 10.6 Å². The number of rotatable bonds is 5. The molecule has 0 saturated heterocycles. The Kier molecular flexibility index (Phi) is 4.71. The molecule has 1 heterocycles. The fraction of sp³-hybridized carbons (Fsp3) is 0.600. The quantitative estimate of drug-likeness (QED) is 0.791. The third-order valence-corrected chi connectivity index (χ3v) is 2.63. The van der Waals surface area contributed by atoms with Gasteiger partial charge in [-0.25, -0.2) is 4.98 Å². The van der Waals surface area contributed by atoms with E-state index in [2.05, 4.69) is 15.6 Å². The topological polar surface area (TPSA) is 54.0 Å². The van der Waals surface area contributed by atoms with Gasteiger partial charge in [-0.3, -0.25) is 4.79 Å². The number of thiazole rings is 1. The van der Waals surface area contributed by atoms with E-state index in [1.807, 2.05) is 26.2 Å². The molecule has 0 radical (unpaired) electrons. The standard InChI is InChI=1S/C10H17N3OS/c1-7(2)11-5-10(14)12-4-9-6-15-8(3)13-9/h6-7,11H,4-5H2,1-3H3,(H,12,14). The molecular formula is C10H17N3OS. The Morgan fingerprint density at radius 1 is 1.60 bits per heavy atom. The fourth-order valence-electron chi connectivity index (χ4n) is 1.04. The maximum Gasteiger partial charge on any atom is 0.234 e.